The van der Waals surface area contributed by atoms with Crippen LogP contribution in [0.4, 0.5) is 4.79 Å². The van der Waals surface area contributed by atoms with Crippen LogP contribution in [-0.4, -0.2) is 43.9 Å². The first-order chi connectivity index (χ1) is 8.87. The molecule has 0 radical (unpaired) electrons. The molecule has 0 rings (SSSR count). The fraction of sp³-hybridized carbons (Fsp3) is 0.846. The summed E-state index contributed by atoms with van der Waals surface area (Å²) in [6, 6.07) is -0.190. The van der Waals surface area contributed by atoms with Gasteiger partial charge in [0.1, 0.15) is 0 Å². The molecule has 0 aromatic carbocycles. The van der Waals surface area contributed by atoms with Gasteiger partial charge in [0.2, 0.25) is 0 Å². The lowest BCUT2D eigenvalue weighted by Crippen LogP contribution is -2.38. The van der Waals surface area contributed by atoms with Crippen molar-refractivity contribution in [3.8, 4) is 0 Å². The first-order valence-corrected chi connectivity index (χ1v) is 6.60. The number of hydrogen-bond donors (Lipinski definition) is 3. The average molecular weight is 274 g/mol. The summed E-state index contributed by atoms with van der Waals surface area (Å²) in [7, 11) is 1.62. The van der Waals surface area contributed by atoms with Crippen molar-refractivity contribution in [3.63, 3.8) is 0 Å². The summed E-state index contributed by atoms with van der Waals surface area (Å²) in [5.41, 5.74) is -0.0816. The van der Waals surface area contributed by atoms with E-state index in [1.165, 1.54) is 0 Å². The molecule has 6 heteroatoms. The second-order valence-electron chi connectivity index (χ2n) is 5.34. The Balaban J connectivity index is 3.64. The summed E-state index contributed by atoms with van der Waals surface area (Å²) in [6.45, 7) is 5.77. The summed E-state index contributed by atoms with van der Waals surface area (Å²) in [6.07, 6.45) is 2.31. The predicted molar refractivity (Wildman–Crippen MR) is 73.2 cm³/mol. The Hall–Kier alpha value is -1.30. The zero-order valence-corrected chi connectivity index (χ0v) is 12.1. The third kappa shape index (κ3) is 11.5. The average Bonchev–Trinajstić information content (AvgIpc) is 2.32. The van der Waals surface area contributed by atoms with Gasteiger partial charge >= 0.3 is 12.0 Å². The van der Waals surface area contributed by atoms with Gasteiger partial charge in [-0.25, -0.2) is 4.79 Å². The highest BCUT2D eigenvalue weighted by Gasteiger charge is 2.19. The van der Waals surface area contributed by atoms with E-state index in [1.807, 2.05) is 13.8 Å². The van der Waals surface area contributed by atoms with Gasteiger partial charge in [-0.3, -0.25) is 4.79 Å². The summed E-state index contributed by atoms with van der Waals surface area (Å²) in [5, 5.41) is 14.1. The molecule has 0 aliphatic heterocycles. The van der Waals surface area contributed by atoms with Crippen molar-refractivity contribution in [2.75, 3.05) is 26.8 Å². The molecule has 0 heterocycles. The molecule has 0 spiro atoms. The van der Waals surface area contributed by atoms with E-state index in [0.29, 0.717) is 26.1 Å². The monoisotopic (exact) mass is 274 g/mol. The van der Waals surface area contributed by atoms with Crippen molar-refractivity contribution in [1.82, 2.24) is 10.6 Å². The maximum atomic E-state index is 11.4. The van der Waals surface area contributed by atoms with E-state index in [-0.39, 0.29) is 17.9 Å². The van der Waals surface area contributed by atoms with Crippen LogP contribution in [0.5, 0.6) is 0 Å². The van der Waals surface area contributed by atoms with E-state index in [4.69, 9.17) is 9.84 Å². The molecule has 0 atom stereocenters. The molecule has 0 saturated carbocycles. The number of carboxylic acids is 1. The first-order valence-electron chi connectivity index (χ1n) is 6.60. The lowest BCUT2D eigenvalue weighted by molar-refractivity contribution is -0.137. The number of nitrogens with one attached hydrogen (secondary N) is 2. The van der Waals surface area contributed by atoms with Crippen molar-refractivity contribution >= 4 is 12.0 Å². The molecule has 0 aliphatic carbocycles. The SMILES string of the molecule is COCCCNC(=O)NCCC(C)(C)CCC(=O)O. The van der Waals surface area contributed by atoms with E-state index in [9.17, 15) is 9.59 Å². The Bertz CT molecular complexity index is 280. The standard InChI is InChI=1S/C13H26N2O4/c1-13(2,6-5-11(16)17)7-9-15-12(18)14-8-4-10-19-3/h4-10H2,1-3H3,(H,16,17)(H2,14,15,18). The maximum absolute atomic E-state index is 11.4. The Morgan fingerprint density at radius 1 is 1.16 bits per heavy atom. The molecule has 0 unspecified atom stereocenters. The molecule has 0 aliphatic rings. The fourth-order valence-corrected chi connectivity index (χ4v) is 1.57. The van der Waals surface area contributed by atoms with Gasteiger partial charge < -0.3 is 20.5 Å². The zero-order chi connectivity index (χ0) is 14.7. The van der Waals surface area contributed by atoms with Crippen LogP contribution in [0.2, 0.25) is 0 Å². The van der Waals surface area contributed by atoms with Crippen LogP contribution < -0.4 is 10.6 Å². The van der Waals surface area contributed by atoms with Crippen molar-refractivity contribution in [1.29, 1.82) is 0 Å². The minimum absolute atomic E-state index is 0.0816. The fourth-order valence-electron chi connectivity index (χ4n) is 1.57. The first kappa shape index (κ1) is 17.7. The molecule has 0 bridgehead atoms. The number of aliphatic carboxylic acids is 1. The molecule has 0 fully saturated rings. The van der Waals surface area contributed by atoms with Gasteiger partial charge in [0.25, 0.3) is 0 Å². The van der Waals surface area contributed by atoms with E-state index < -0.39 is 5.97 Å². The molecule has 19 heavy (non-hydrogen) atoms. The molecular weight excluding hydrogens is 248 g/mol. The Morgan fingerprint density at radius 2 is 1.79 bits per heavy atom. The Kier molecular flexibility index (Phi) is 8.95. The number of methoxy groups -OCH3 is 1. The highest BCUT2D eigenvalue weighted by atomic mass is 16.5. The highest BCUT2D eigenvalue weighted by Crippen LogP contribution is 2.25. The van der Waals surface area contributed by atoms with Crippen LogP contribution in [-0.2, 0) is 9.53 Å². The van der Waals surface area contributed by atoms with Gasteiger partial charge in [0.05, 0.1) is 0 Å². The number of carbonyl (C=O) groups excluding carboxylic acids is 1. The number of carbonyl (C=O) groups is 2. The molecule has 2 amide bonds. The lowest BCUT2D eigenvalue weighted by Gasteiger charge is -2.23. The van der Waals surface area contributed by atoms with Crippen LogP contribution in [0.25, 0.3) is 0 Å². The van der Waals surface area contributed by atoms with Crippen molar-refractivity contribution < 1.29 is 19.4 Å². The van der Waals surface area contributed by atoms with Crippen molar-refractivity contribution in [3.05, 3.63) is 0 Å². The number of hydrogen-bond acceptors (Lipinski definition) is 3. The van der Waals surface area contributed by atoms with E-state index in [2.05, 4.69) is 10.6 Å². The van der Waals surface area contributed by atoms with Gasteiger partial charge in [-0.15, -0.1) is 0 Å². The number of amides is 2. The summed E-state index contributed by atoms with van der Waals surface area (Å²) >= 11 is 0. The van der Waals surface area contributed by atoms with Crippen LogP contribution >= 0.6 is 0 Å². The summed E-state index contributed by atoms with van der Waals surface area (Å²) in [4.78, 5) is 21.9. The van der Waals surface area contributed by atoms with Crippen LogP contribution in [0.1, 0.15) is 39.5 Å². The van der Waals surface area contributed by atoms with Crippen LogP contribution in [0.15, 0.2) is 0 Å². The molecule has 6 nitrogen and oxygen atoms in total. The zero-order valence-electron chi connectivity index (χ0n) is 12.1. The molecular formula is C13H26N2O4. The predicted octanol–water partition coefficient (Wildman–Crippen LogP) is 1.60. The van der Waals surface area contributed by atoms with Gasteiger partial charge in [-0.2, -0.15) is 0 Å². The lowest BCUT2D eigenvalue weighted by atomic mass is 9.84. The number of carboxylic acid groups (broad SMARTS) is 1. The molecule has 0 aromatic heterocycles. The van der Waals surface area contributed by atoms with Crippen LogP contribution in [0, 0.1) is 5.41 Å². The molecule has 112 valence electrons. The van der Waals surface area contributed by atoms with E-state index in [1.54, 1.807) is 7.11 Å². The quantitative estimate of drug-likeness (QED) is 0.528. The highest BCUT2D eigenvalue weighted by molar-refractivity contribution is 5.73. The van der Waals surface area contributed by atoms with E-state index in [0.717, 1.165) is 12.8 Å². The minimum atomic E-state index is -0.781. The van der Waals surface area contributed by atoms with E-state index >= 15 is 0 Å². The van der Waals surface area contributed by atoms with Crippen molar-refractivity contribution in [2.45, 2.75) is 39.5 Å². The number of urea groups is 1. The third-order valence-electron chi connectivity index (χ3n) is 2.91. The molecule has 0 aromatic rings. The molecule has 0 saturated heterocycles. The smallest absolute Gasteiger partial charge is 0.314 e. The number of rotatable bonds is 10. The van der Waals surface area contributed by atoms with Gasteiger partial charge in [-0.05, 0) is 24.7 Å². The van der Waals surface area contributed by atoms with Gasteiger partial charge in [0.15, 0.2) is 0 Å². The number of ether oxygens (including phenoxy) is 1. The second-order valence-corrected chi connectivity index (χ2v) is 5.34. The normalized spacial score (nSPS) is 11.1. The maximum Gasteiger partial charge on any atom is 0.314 e. The Morgan fingerprint density at radius 3 is 2.37 bits per heavy atom. The van der Waals surface area contributed by atoms with Crippen molar-refractivity contribution in [2.24, 2.45) is 5.41 Å². The molecule has 3 N–H and O–H groups in total. The van der Waals surface area contributed by atoms with Crippen LogP contribution in [0.3, 0.4) is 0 Å². The topological polar surface area (TPSA) is 87.7 Å². The second kappa shape index (κ2) is 9.61. The Labute approximate surface area is 114 Å². The summed E-state index contributed by atoms with van der Waals surface area (Å²) < 4.78 is 4.88. The van der Waals surface area contributed by atoms with Gasteiger partial charge in [-0.1, -0.05) is 13.8 Å². The minimum Gasteiger partial charge on any atom is -0.481 e. The largest absolute Gasteiger partial charge is 0.481 e. The third-order valence-corrected chi connectivity index (χ3v) is 2.91. The van der Waals surface area contributed by atoms with Gasteiger partial charge in [0, 0.05) is 33.2 Å². The summed E-state index contributed by atoms with van der Waals surface area (Å²) in [5.74, 6) is -0.781.